The molecule has 0 unspecified atom stereocenters. The van der Waals surface area contributed by atoms with Gasteiger partial charge in [0, 0.05) is 12.3 Å². The van der Waals surface area contributed by atoms with Crippen LogP contribution >= 0.6 is 11.3 Å². The van der Waals surface area contributed by atoms with Crippen LogP contribution in [0.25, 0.3) is 0 Å². The maximum Gasteiger partial charge on any atom is 0.149 e. The zero-order valence-electron chi connectivity index (χ0n) is 7.81. The average molecular weight is 224 g/mol. The van der Waals surface area contributed by atoms with E-state index < -0.39 is 5.82 Å². The number of nitrogens with zero attached hydrogens (tertiary/aromatic N) is 1. The molecule has 2 N–H and O–H groups in total. The van der Waals surface area contributed by atoms with Gasteiger partial charge in [-0.2, -0.15) is 0 Å². The van der Waals surface area contributed by atoms with Crippen molar-refractivity contribution in [1.29, 1.82) is 0 Å². The zero-order valence-corrected chi connectivity index (χ0v) is 8.63. The van der Waals surface area contributed by atoms with Crippen molar-refractivity contribution in [3.63, 3.8) is 0 Å². The summed E-state index contributed by atoms with van der Waals surface area (Å²) in [5, 5.41) is 0. The Morgan fingerprint density at radius 1 is 1.47 bits per heavy atom. The predicted molar refractivity (Wildman–Crippen MR) is 57.3 cm³/mol. The third-order valence-electron chi connectivity index (χ3n) is 1.84. The summed E-state index contributed by atoms with van der Waals surface area (Å²) in [6.07, 6.45) is 1.72. The van der Waals surface area contributed by atoms with Crippen molar-refractivity contribution in [2.75, 3.05) is 5.73 Å². The van der Waals surface area contributed by atoms with Crippen LogP contribution < -0.4 is 10.5 Å². The molecule has 0 spiro atoms. The molecular weight excluding hydrogens is 215 g/mol. The van der Waals surface area contributed by atoms with Gasteiger partial charge >= 0.3 is 0 Å². The Morgan fingerprint density at radius 3 is 3.00 bits per heavy atom. The van der Waals surface area contributed by atoms with Gasteiger partial charge in [-0.05, 0) is 12.1 Å². The topological polar surface area (TPSA) is 48.1 Å². The first-order valence-electron chi connectivity index (χ1n) is 4.31. The lowest BCUT2D eigenvalue weighted by Gasteiger charge is -2.04. The Hall–Kier alpha value is -1.62. The Labute approximate surface area is 90.3 Å². The number of halogens is 1. The molecule has 0 atom stereocenters. The van der Waals surface area contributed by atoms with E-state index in [1.54, 1.807) is 17.8 Å². The minimum Gasteiger partial charge on any atom is -0.488 e. The number of hydrogen-bond acceptors (Lipinski definition) is 4. The van der Waals surface area contributed by atoms with Crippen molar-refractivity contribution in [3.05, 3.63) is 40.6 Å². The fraction of sp³-hybridized carbons (Fsp3) is 0.100. The van der Waals surface area contributed by atoms with Crippen LogP contribution in [-0.4, -0.2) is 4.98 Å². The summed E-state index contributed by atoms with van der Waals surface area (Å²) >= 11 is 1.49. The Kier molecular flexibility index (Phi) is 2.82. The highest BCUT2D eigenvalue weighted by atomic mass is 32.1. The van der Waals surface area contributed by atoms with Crippen molar-refractivity contribution >= 4 is 17.0 Å². The lowest BCUT2D eigenvalue weighted by molar-refractivity contribution is 0.308. The summed E-state index contributed by atoms with van der Waals surface area (Å²) in [6, 6.07) is 4.40. The first-order chi connectivity index (χ1) is 7.25. The Bertz CT molecular complexity index is 445. The van der Waals surface area contributed by atoms with Crippen LogP contribution in [0.3, 0.4) is 0 Å². The Morgan fingerprint density at radius 2 is 2.33 bits per heavy atom. The molecule has 0 amide bonds. The molecule has 2 aromatic rings. The monoisotopic (exact) mass is 224 g/mol. The van der Waals surface area contributed by atoms with E-state index in [1.165, 1.54) is 23.5 Å². The van der Waals surface area contributed by atoms with E-state index in [1.807, 2.05) is 0 Å². The maximum atomic E-state index is 13.0. The maximum absolute atomic E-state index is 13.0. The molecule has 3 nitrogen and oxygen atoms in total. The van der Waals surface area contributed by atoms with E-state index in [-0.39, 0.29) is 5.69 Å². The van der Waals surface area contributed by atoms with E-state index in [2.05, 4.69) is 4.98 Å². The molecule has 0 fully saturated rings. The van der Waals surface area contributed by atoms with Crippen molar-refractivity contribution in [3.8, 4) is 5.75 Å². The molecule has 0 aliphatic carbocycles. The molecule has 2 rings (SSSR count). The molecule has 0 saturated heterocycles. The van der Waals surface area contributed by atoms with Crippen LogP contribution in [0, 0.1) is 5.82 Å². The quantitative estimate of drug-likeness (QED) is 0.814. The van der Waals surface area contributed by atoms with Crippen molar-refractivity contribution in [1.82, 2.24) is 4.98 Å². The standard InChI is InChI=1S/C10H9FN2OS/c11-9-3-7(1-2-10(9)12)14-5-8-4-13-6-15-8/h1-4,6H,5,12H2. The molecule has 0 radical (unpaired) electrons. The number of ether oxygens (including phenoxy) is 1. The van der Waals surface area contributed by atoms with E-state index >= 15 is 0 Å². The van der Waals surface area contributed by atoms with Gasteiger partial charge in [-0.3, -0.25) is 4.98 Å². The van der Waals surface area contributed by atoms with E-state index in [0.29, 0.717) is 12.4 Å². The third-order valence-corrected chi connectivity index (χ3v) is 2.59. The minimum atomic E-state index is -0.461. The van der Waals surface area contributed by atoms with Gasteiger partial charge in [-0.1, -0.05) is 0 Å². The van der Waals surface area contributed by atoms with Gasteiger partial charge < -0.3 is 10.5 Å². The summed E-state index contributed by atoms with van der Waals surface area (Å²) in [6.45, 7) is 0.397. The normalized spacial score (nSPS) is 10.2. The van der Waals surface area contributed by atoms with Gasteiger partial charge in [0.15, 0.2) is 0 Å². The van der Waals surface area contributed by atoms with E-state index in [4.69, 9.17) is 10.5 Å². The van der Waals surface area contributed by atoms with Gasteiger partial charge in [0.25, 0.3) is 0 Å². The first-order valence-corrected chi connectivity index (χ1v) is 5.19. The van der Waals surface area contributed by atoms with Gasteiger partial charge in [-0.15, -0.1) is 11.3 Å². The molecule has 78 valence electrons. The molecular formula is C10H9FN2OS. The number of rotatable bonds is 3. The van der Waals surface area contributed by atoms with Gasteiger partial charge in [0.1, 0.15) is 18.2 Å². The first kappa shape index (κ1) is 9.92. The SMILES string of the molecule is Nc1ccc(OCc2cncs2)cc1F. The van der Waals surface area contributed by atoms with Crippen LogP contribution in [0.4, 0.5) is 10.1 Å². The van der Waals surface area contributed by atoms with E-state index in [0.717, 1.165) is 4.88 Å². The van der Waals surface area contributed by atoms with Crippen LogP contribution in [0.15, 0.2) is 29.9 Å². The van der Waals surface area contributed by atoms with E-state index in [9.17, 15) is 4.39 Å². The molecule has 15 heavy (non-hydrogen) atoms. The second kappa shape index (κ2) is 4.27. The predicted octanol–water partition coefficient (Wildman–Crippen LogP) is 2.44. The summed E-state index contributed by atoms with van der Waals surface area (Å²) in [5.41, 5.74) is 7.19. The molecule has 5 heteroatoms. The van der Waals surface area contributed by atoms with Crippen molar-refractivity contribution < 1.29 is 9.13 Å². The summed E-state index contributed by atoms with van der Waals surface area (Å²) in [7, 11) is 0. The molecule has 0 bridgehead atoms. The highest BCUT2D eigenvalue weighted by molar-refractivity contribution is 7.09. The lowest BCUT2D eigenvalue weighted by atomic mass is 10.3. The minimum absolute atomic E-state index is 0.125. The molecule has 1 aromatic heterocycles. The number of nitrogens with two attached hydrogens (primary N) is 1. The smallest absolute Gasteiger partial charge is 0.149 e. The van der Waals surface area contributed by atoms with Gasteiger partial charge in [0.2, 0.25) is 0 Å². The number of aromatic nitrogens is 1. The fourth-order valence-electron chi connectivity index (χ4n) is 1.07. The number of thiazole rings is 1. The van der Waals surface area contributed by atoms with Gasteiger partial charge in [0.05, 0.1) is 16.1 Å². The van der Waals surface area contributed by atoms with Crippen LogP contribution in [0.1, 0.15) is 4.88 Å². The zero-order chi connectivity index (χ0) is 10.7. The lowest BCUT2D eigenvalue weighted by Crippen LogP contribution is -1.95. The largest absolute Gasteiger partial charge is 0.488 e. The number of benzene rings is 1. The Balaban J connectivity index is 2.02. The highest BCUT2D eigenvalue weighted by Gasteiger charge is 2.01. The van der Waals surface area contributed by atoms with Crippen LogP contribution in [-0.2, 0) is 6.61 Å². The molecule has 0 aliphatic heterocycles. The summed E-state index contributed by atoms with van der Waals surface area (Å²) < 4.78 is 18.4. The number of nitrogen functional groups attached to an aromatic ring is 1. The second-order valence-corrected chi connectivity index (χ2v) is 3.91. The van der Waals surface area contributed by atoms with Crippen molar-refractivity contribution in [2.45, 2.75) is 6.61 Å². The molecule has 0 aliphatic rings. The fourth-order valence-corrected chi connectivity index (χ4v) is 1.57. The summed E-state index contributed by atoms with van der Waals surface area (Å²) in [5.74, 6) is 0.00639. The highest BCUT2D eigenvalue weighted by Crippen LogP contribution is 2.19. The van der Waals surface area contributed by atoms with Crippen LogP contribution in [0.2, 0.25) is 0 Å². The van der Waals surface area contributed by atoms with Crippen molar-refractivity contribution in [2.24, 2.45) is 0 Å². The molecule has 1 heterocycles. The second-order valence-electron chi connectivity index (χ2n) is 2.94. The average Bonchev–Trinajstić information content (AvgIpc) is 2.73. The molecule has 0 saturated carbocycles. The summed E-state index contributed by atoms with van der Waals surface area (Å²) in [4.78, 5) is 4.90. The van der Waals surface area contributed by atoms with Crippen LogP contribution in [0.5, 0.6) is 5.75 Å². The number of anilines is 1. The third kappa shape index (κ3) is 2.44. The number of hydrogen-bond donors (Lipinski definition) is 1. The molecule has 1 aromatic carbocycles. The van der Waals surface area contributed by atoms with Gasteiger partial charge in [-0.25, -0.2) is 4.39 Å².